The first kappa shape index (κ1) is 19.4. The minimum Gasteiger partial charge on any atom is -0.469 e. The molecule has 4 unspecified atom stereocenters. The van der Waals surface area contributed by atoms with Crippen molar-refractivity contribution in [3.05, 3.63) is 68.5 Å². The summed E-state index contributed by atoms with van der Waals surface area (Å²) in [5.41, 5.74) is 1.89. The third kappa shape index (κ3) is 3.21. The number of nitrogens with one attached hydrogen (secondary N) is 1. The van der Waals surface area contributed by atoms with E-state index in [1.807, 2.05) is 55.1 Å². The molecule has 3 heterocycles. The van der Waals surface area contributed by atoms with Gasteiger partial charge >= 0.3 is 4.87 Å². The SMILES string of the molecule is Cc1ccc(NC(=O)Cn2c3c(sc2=O)[C@H](c2ccco2)C2C4CCC(C4)C2S3)cc1. The first-order valence-corrected chi connectivity index (χ1v) is 12.6. The highest BCUT2D eigenvalue weighted by atomic mass is 32.2. The molecule has 7 heteroatoms. The van der Waals surface area contributed by atoms with Gasteiger partial charge < -0.3 is 9.73 Å². The number of hydrogen-bond donors (Lipinski definition) is 1. The van der Waals surface area contributed by atoms with Gasteiger partial charge in [-0.05, 0) is 68.2 Å². The van der Waals surface area contributed by atoms with Crippen LogP contribution < -0.4 is 10.2 Å². The fourth-order valence-electron chi connectivity index (χ4n) is 5.85. The number of rotatable bonds is 4. The fourth-order valence-corrected chi connectivity index (χ4v) is 8.99. The van der Waals surface area contributed by atoms with E-state index in [0.29, 0.717) is 23.0 Å². The van der Waals surface area contributed by atoms with Gasteiger partial charge in [-0.1, -0.05) is 29.0 Å². The molecule has 31 heavy (non-hydrogen) atoms. The lowest BCUT2D eigenvalue weighted by Gasteiger charge is -2.39. The van der Waals surface area contributed by atoms with E-state index in [0.717, 1.165) is 26.9 Å². The number of carbonyl (C=O) groups excluding carboxylic acids is 1. The predicted octanol–water partition coefficient (Wildman–Crippen LogP) is 5.10. The summed E-state index contributed by atoms with van der Waals surface area (Å²) in [6.07, 6.45) is 5.58. The van der Waals surface area contributed by atoms with Gasteiger partial charge in [0.25, 0.3) is 0 Å². The lowest BCUT2D eigenvalue weighted by Crippen LogP contribution is -2.34. The van der Waals surface area contributed by atoms with Gasteiger partial charge in [0, 0.05) is 10.9 Å². The van der Waals surface area contributed by atoms with Gasteiger partial charge in [-0.2, -0.15) is 0 Å². The Kier molecular flexibility index (Phi) is 4.65. The summed E-state index contributed by atoms with van der Waals surface area (Å²) in [7, 11) is 0. The standard InChI is InChI=1S/C24H24N2O3S2/c1-13-4-8-16(9-5-13)25-18(27)12-26-23-22(31-24(26)28)20(17-3-2-10-29-17)19-14-6-7-15(11-14)21(19)30-23/h2-5,8-10,14-15,19-21H,6-7,11-12H2,1H3,(H,25,27)/t14?,15?,19?,20-,21?/m1/s1. The average molecular weight is 453 g/mol. The summed E-state index contributed by atoms with van der Waals surface area (Å²) >= 11 is 3.14. The van der Waals surface area contributed by atoms with Crippen LogP contribution in [0.2, 0.25) is 0 Å². The molecule has 1 aromatic carbocycles. The summed E-state index contributed by atoms with van der Waals surface area (Å²) in [6, 6.07) is 11.7. The van der Waals surface area contributed by atoms with Crippen LogP contribution in [0.1, 0.15) is 41.4 Å². The molecule has 2 bridgehead atoms. The molecule has 2 fully saturated rings. The van der Waals surface area contributed by atoms with Crippen LogP contribution in [-0.4, -0.2) is 15.7 Å². The molecule has 6 rings (SSSR count). The Morgan fingerprint density at radius 2 is 2.00 bits per heavy atom. The Bertz CT molecular complexity index is 1180. The van der Waals surface area contributed by atoms with Gasteiger partial charge in [0.2, 0.25) is 5.91 Å². The van der Waals surface area contributed by atoms with Crippen molar-refractivity contribution < 1.29 is 9.21 Å². The molecule has 0 spiro atoms. The maximum absolute atomic E-state index is 13.0. The monoisotopic (exact) mass is 452 g/mol. The Hall–Kier alpha value is -2.25. The molecule has 3 aliphatic rings. The second kappa shape index (κ2) is 7.41. The number of benzene rings is 1. The molecule has 1 aliphatic heterocycles. The van der Waals surface area contributed by atoms with Crippen molar-refractivity contribution in [2.45, 2.75) is 48.9 Å². The molecule has 160 valence electrons. The van der Waals surface area contributed by atoms with Crippen molar-refractivity contribution in [1.82, 2.24) is 4.57 Å². The maximum Gasteiger partial charge on any atom is 0.308 e. The zero-order valence-electron chi connectivity index (χ0n) is 17.2. The van der Waals surface area contributed by atoms with Crippen LogP contribution in [0.5, 0.6) is 0 Å². The molecule has 1 N–H and O–H groups in total. The number of anilines is 1. The molecular formula is C24H24N2O3S2. The zero-order valence-corrected chi connectivity index (χ0v) is 18.9. The van der Waals surface area contributed by atoms with Gasteiger partial charge in [0.15, 0.2) is 0 Å². The van der Waals surface area contributed by atoms with Crippen LogP contribution in [0.25, 0.3) is 0 Å². The summed E-state index contributed by atoms with van der Waals surface area (Å²) < 4.78 is 7.56. The van der Waals surface area contributed by atoms with E-state index in [9.17, 15) is 9.59 Å². The number of nitrogens with zero attached hydrogens (tertiary/aromatic N) is 1. The smallest absolute Gasteiger partial charge is 0.308 e. The van der Waals surface area contributed by atoms with E-state index >= 15 is 0 Å². The highest BCUT2D eigenvalue weighted by Gasteiger charge is 2.55. The fraction of sp³-hybridized carbons (Fsp3) is 0.417. The topological polar surface area (TPSA) is 64.2 Å². The second-order valence-electron chi connectivity index (χ2n) is 9.02. The quantitative estimate of drug-likeness (QED) is 0.598. The zero-order chi connectivity index (χ0) is 21.1. The number of aromatic nitrogens is 1. The predicted molar refractivity (Wildman–Crippen MR) is 123 cm³/mol. The third-order valence-corrected chi connectivity index (χ3v) is 10.0. The molecule has 1 amide bonds. The first-order valence-electron chi connectivity index (χ1n) is 10.9. The third-order valence-electron chi connectivity index (χ3n) is 7.18. The van der Waals surface area contributed by atoms with Crippen LogP contribution in [0.15, 0.2) is 56.9 Å². The molecule has 2 aliphatic carbocycles. The van der Waals surface area contributed by atoms with Crippen molar-refractivity contribution in [2.24, 2.45) is 17.8 Å². The number of aryl methyl sites for hydroxylation is 1. The minimum absolute atomic E-state index is 0.0436. The van der Waals surface area contributed by atoms with Crippen LogP contribution in [0, 0.1) is 24.7 Å². The highest BCUT2D eigenvalue weighted by Crippen LogP contribution is 2.64. The Morgan fingerprint density at radius 1 is 1.19 bits per heavy atom. The lowest BCUT2D eigenvalue weighted by atomic mass is 9.77. The number of fused-ring (bicyclic) bond motifs is 6. The van der Waals surface area contributed by atoms with Crippen LogP contribution in [0.4, 0.5) is 5.69 Å². The molecule has 5 atom stereocenters. The van der Waals surface area contributed by atoms with E-state index in [1.54, 1.807) is 10.8 Å². The molecular weight excluding hydrogens is 428 g/mol. The number of thioether (sulfide) groups is 1. The second-order valence-corrected chi connectivity index (χ2v) is 11.2. The van der Waals surface area contributed by atoms with Gasteiger partial charge in [-0.3, -0.25) is 14.2 Å². The molecule has 2 aromatic heterocycles. The van der Waals surface area contributed by atoms with Crippen LogP contribution >= 0.6 is 23.1 Å². The molecule has 0 saturated heterocycles. The molecule has 3 aromatic rings. The van der Waals surface area contributed by atoms with E-state index in [2.05, 4.69) is 5.32 Å². The van der Waals surface area contributed by atoms with E-state index in [-0.39, 0.29) is 23.2 Å². The Morgan fingerprint density at radius 3 is 2.77 bits per heavy atom. The van der Waals surface area contributed by atoms with Gasteiger partial charge in [0.05, 0.1) is 22.1 Å². The number of hydrogen-bond acceptors (Lipinski definition) is 5. The number of furan rings is 1. The van der Waals surface area contributed by atoms with Crippen molar-refractivity contribution in [3.63, 3.8) is 0 Å². The van der Waals surface area contributed by atoms with Gasteiger partial charge in [0.1, 0.15) is 12.3 Å². The Balaban J connectivity index is 1.34. The molecule has 2 saturated carbocycles. The van der Waals surface area contributed by atoms with Crippen molar-refractivity contribution in [2.75, 3.05) is 5.32 Å². The molecule has 0 radical (unpaired) electrons. The largest absolute Gasteiger partial charge is 0.469 e. The first-order chi connectivity index (χ1) is 15.1. The van der Waals surface area contributed by atoms with E-state index in [1.165, 1.54) is 30.6 Å². The normalized spacial score (nSPS) is 28.4. The van der Waals surface area contributed by atoms with E-state index < -0.39 is 0 Å². The highest BCUT2D eigenvalue weighted by molar-refractivity contribution is 8.00. The van der Waals surface area contributed by atoms with Gasteiger partial charge in [-0.15, -0.1) is 11.8 Å². The summed E-state index contributed by atoms with van der Waals surface area (Å²) in [4.78, 5) is 26.8. The average Bonchev–Trinajstić information content (AvgIpc) is 3.54. The van der Waals surface area contributed by atoms with Crippen LogP contribution in [0.3, 0.4) is 0 Å². The Labute approximate surface area is 188 Å². The maximum atomic E-state index is 13.0. The number of carbonyl (C=O) groups is 1. The minimum atomic E-state index is -0.170. The van der Waals surface area contributed by atoms with Crippen molar-refractivity contribution in [1.29, 1.82) is 0 Å². The summed E-state index contributed by atoms with van der Waals surface area (Å²) in [5.74, 6) is 2.86. The lowest BCUT2D eigenvalue weighted by molar-refractivity contribution is -0.116. The van der Waals surface area contributed by atoms with E-state index in [4.69, 9.17) is 4.42 Å². The number of amides is 1. The van der Waals surface area contributed by atoms with Crippen molar-refractivity contribution >= 4 is 34.7 Å². The molecule has 5 nitrogen and oxygen atoms in total. The summed E-state index contributed by atoms with van der Waals surface area (Å²) in [5, 5.41) is 4.41. The van der Waals surface area contributed by atoms with Gasteiger partial charge in [-0.25, -0.2) is 0 Å². The number of thiazole rings is 1. The van der Waals surface area contributed by atoms with Crippen molar-refractivity contribution in [3.8, 4) is 0 Å². The summed E-state index contributed by atoms with van der Waals surface area (Å²) in [6.45, 7) is 2.06. The van der Waals surface area contributed by atoms with Crippen LogP contribution in [-0.2, 0) is 11.3 Å².